The zero-order chi connectivity index (χ0) is 29.1. The van der Waals surface area contributed by atoms with E-state index in [0.717, 1.165) is 16.7 Å². The number of aliphatic hydroxyl groups is 2. The van der Waals surface area contributed by atoms with E-state index < -0.39 is 36.6 Å². The van der Waals surface area contributed by atoms with Crippen LogP contribution in [-0.4, -0.2) is 52.1 Å². The molecule has 0 aliphatic heterocycles. The first-order valence-corrected chi connectivity index (χ1v) is 14.3. The van der Waals surface area contributed by atoms with E-state index in [1.807, 2.05) is 109 Å². The van der Waals surface area contributed by atoms with Crippen molar-refractivity contribution in [3.8, 4) is 5.75 Å². The van der Waals surface area contributed by atoms with Crippen LogP contribution in [0.15, 0.2) is 121 Å². The van der Waals surface area contributed by atoms with Crippen LogP contribution in [0, 0.1) is 0 Å². The van der Waals surface area contributed by atoms with Gasteiger partial charge in [0.1, 0.15) is 36.3 Å². The van der Waals surface area contributed by atoms with E-state index in [9.17, 15) is 10.2 Å². The van der Waals surface area contributed by atoms with Crippen LogP contribution < -0.4 is 4.74 Å². The second-order valence-electron chi connectivity index (χ2n) is 10.0. The number of thiocarbonyl (C=S) groups is 1. The van der Waals surface area contributed by atoms with Gasteiger partial charge in [0.25, 0.3) is 0 Å². The van der Waals surface area contributed by atoms with Gasteiger partial charge in [-0.1, -0.05) is 109 Å². The molecule has 6 atom stereocenters. The quantitative estimate of drug-likeness (QED) is 0.231. The Kier molecular flexibility index (Phi) is 10.7. The SMILES string of the molecule is O[C@@H]1C(OCc2ccccc2)[C@H](O)[C@H](OCc2ccccc2)C(OC(=S)Oc2ccccc2)[C@H]1OCc1ccccc1. The van der Waals surface area contributed by atoms with Gasteiger partial charge >= 0.3 is 5.24 Å². The Labute approximate surface area is 251 Å². The topological polar surface area (TPSA) is 86.6 Å². The molecule has 0 aromatic heterocycles. The zero-order valence-electron chi connectivity index (χ0n) is 23.0. The van der Waals surface area contributed by atoms with Crippen LogP contribution in [0.25, 0.3) is 0 Å². The van der Waals surface area contributed by atoms with Crippen LogP contribution in [-0.2, 0) is 38.8 Å². The van der Waals surface area contributed by atoms with Crippen molar-refractivity contribution in [2.24, 2.45) is 0 Å². The van der Waals surface area contributed by atoms with Gasteiger partial charge in [0.15, 0.2) is 6.10 Å². The van der Waals surface area contributed by atoms with E-state index >= 15 is 0 Å². The first kappa shape index (κ1) is 29.8. The van der Waals surface area contributed by atoms with Gasteiger partial charge in [-0.25, -0.2) is 0 Å². The molecule has 1 saturated carbocycles. The molecule has 1 aliphatic rings. The number of aliphatic hydroxyl groups excluding tert-OH is 2. The highest BCUT2D eigenvalue weighted by atomic mass is 32.1. The Morgan fingerprint density at radius 1 is 0.500 bits per heavy atom. The molecular formula is C34H34O7S. The molecular weight excluding hydrogens is 552 g/mol. The lowest BCUT2D eigenvalue weighted by Crippen LogP contribution is -2.66. The largest absolute Gasteiger partial charge is 0.447 e. The van der Waals surface area contributed by atoms with Gasteiger partial charge in [0, 0.05) is 12.2 Å². The lowest BCUT2D eigenvalue weighted by Gasteiger charge is -2.46. The van der Waals surface area contributed by atoms with Crippen molar-refractivity contribution in [1.29, 1.82) is 0 Å². The van der Waals surface area contributed by atoms with E-state index in [2.05, 4.69) is 0 Å². The molecule has 218 valence electrons. The molecule has 8 heteroatoms. The van der Waals surface area contributed by atoms with Crippen molar-refractivity contribution in [2.75, 3.05) is 0 Å². The third-order valence-corrected chi connectivity index (χ3v) is 7.21. The summed E-state index contributed by atoms with van der Waals surface area (Å²) in [5.74, 6) is 0.493. The van der Waals surface area contributed by atoms with E-state index in [-0.39, 0.29) is 25.1 Å². The van der Waals surface area contributed by atoms with Crippen molar-refractivity contribution in [3.63, 3.8) is 0 Å². The van der Waals surface area contributed by atoms with Gasteiger partial charge in [-0.2, -0.15) is 0 Å². The molecule has 0 saturated heterocycles. The van der Waals surface area contributed by atoms with Crippen LogP contribution in [0.5, 0.6) is 5.75 Å². The Morgan fingerprint density at radius 3 is 1.26 bits per heavy atom. The molecule has 2 unspecified atom stereocenters. The molecule has 0 bridgehead atoms. The number of hydrogen-bond acceptors (Lipinski definition) is 8. The highest BCUT2D eigenvalue weighted by Gasteiger charge is 2.54. The number of ether oxygens (including phenoxy) is 5. The number of hydrogen-bond donors (Lipinski definition) is 2. The highest BCUT2D eigenvalue weighted by molar-refractivity contribution is 7.79. The molecule has 0 spiro atoms. The fourth-order valence-electron chi connectivity index (χ4n) is 4.89. The minimum Gasteiger partial charge on any atom is -0.447 e. The third-order valence-electron chi connectivity index (χ3n) is 7.03. The minimum atomic E-state index is -1.27. The van der Waals surface area contributed by atoms with E-state index in [4.69, 9.17) is 35.9 Å². The van der Waals surface area contributed by atoms with Crippen molar-refractivity contribution in [3.05, 3.63) is 138 Å². The van der Waals surface area contributed by atoms with Crippen molar-refractivity contribution >= 4 is 17.5 Å². The molecule has 5 rings (SSSR count). The third kappa shape index (κ3) is 8.01. The molecule has 0 heterocycles. The van der Waals surface area contributed by atoms with E-state index in [1.54, 1.807) is 12.1 Å². The average molecular weight is 587 g/mol. The molecule has 42 heavy (non-hydrogen) atoms. The second-order valence-corrected chi connectivity index (χ2v) is 10.3. The monoisotopic (exact) mass is 586 g/mol. The second kappa shape index (κ2) is 15.0. The summed E-state index contributed by atoms with van der Waals surface area (Å²) in [6, 6.07) is 37.7. The summed E-state index contributed by atoms with van der Waals surface area (Å²) >= 11 is 5.45. The maximum Gasteiger partial charge on any atom is 0.358 e. The lowest BCUT2D eigenvalue weighted by molar-refractivity contribution is -0.259. The molecule has 0 radical (unpaired) electrons. The average Bonchev–Trinajstić information content (AvgIpc) is 3.02. The zero-order valence-corrected chi connectivity index (χ0v) is 23.8. The standard InChI is InChI=1S/C34H34O7S/c35-28-30(37-21-24-13-5-1-6-14-24)29(36)32(39-23-26-17-9-3-10-18-26)33(31(28)38-22-25-15-7-2-8-16-25)41-34(42)40-27-19-11-4-12-20-27/h1-20,28-33,35-36H,21-23H2/t28-,29+,30?,31-,32-,33?/m0/s1. The fourth-order valence-corrected chi connectivity index (χ4v) is 5.10. The summed E-state index contributed by atoms with van der Waals surface area (Å²) in [6.45, 7) is 0.542. The molecule has 0 amide bonds. The normalized spacial score (nSPS) is 23.7. The number of para-hydroxylation sites is 1. The maximum atomic E-state index is 11.6. The van der Waals surface area contributed by atoms with Crippen LogP contribution in [0.1, 0.15) is 16.7 Å². The van der Waals surface area contributed by atoms with Crippen molar-refractivity contribution < 1.29 is 33.9 Å². The smallest absolute Gasteiger partial charge is 0.358 e. The van der Waals surface area contributed by atoms with E-state index in [1.165, 1.54) is 0 Å². The molecule has 7 nitrogen and oxygen atoms in total. The summed E-state index contributed by atoms with van der Waals surface area (Å²) in [4.78, 5) is 0. The highest BCUT2D eigenvalue weighted by Crippen LogP contribution is 2.32. The van der Waals surface area contributed by atoms with Crippen molar-refractivity contribution in [1.82, 2.24) is 0 Å². The first-order valence-electron chi connectivity index (χ1n) is 13.8. The first-order chi connectivity index (χ1) is 20.6. The van der Waals surface area contributed by atoms with Gasteiger partial charge in [0.05, 0.1) is 19.8 Å². The summed E-state index contributed by atoms with van der Waals surface area (Å²) in [5, 5.41) is 23.0. The fraction of sp³-hybridized carbons (Fsp3) is 0.265. The van der Waals surface area contributed by atoms with E-state index in [0.29, 0.717) is 5.75 Å². The Morgan fingerprint density at radius 2 is 0.857 bits per heavy atom. The Bertz CT molecular complexity index is 1300. The van der Waals surface area contributed by atoms with Gasteiger partial charge in [0.2, 0.25) is 0 Å². The van der Waals surface area contributed by atoms with Crippen LogP contribution in [0.2, 0.25) is 0 Å². The van der Waals surface area contributed by atoms with Gasteiger partial charge in [-0.3, -0.25) is 0 Å². The molecule has 4 aromatic carbocycles. The molecule has 2 N–H and O–H groups in total. The molecule has 1 aliphatic carbocycles. The summed E-state index contributed by atoms with van der Waals surface area (Å²) in [6.07, 6.45) is -6.55. The Hall–Kier alpha value is -3.63. The summed E-state index contributed by atoms with van der Waals surface area (Å²) < 4.78 is 30.6. The van der Waals surface area contributed by atoms with Gasteiger partial charge in [-0.05, 0) is 28.8 Å². The minimum absolute atomic E-state index is 0.178. The van der Waals surface area contributed by atoms with Gasteiger partial charge < -0.3 is 33.9 Å². The predicted molar refractivity (Wildman–Crippen MR) is 162 cm³/mol. The molecule has 1 fully saturated rings. The van der Waals surface area contributed by atoms with Crippen LogP contribution in [0.4, 0.5) is 0 Å². The van der Waals surface area contributed by atoms with Crippen molar-refractivity contribution in [2.45, 2.75) is 56.4 Å². The number of rotatable bonds is 11. The summed E-state index contributed by atoms with van der Waals surface area (Å²) in [7, 11) is 0. The maximum absolute atomic E-state index is 11.6. The van der Waals surface area contributed by atoms with Crippen LogP contribution >= 0.6 is 12.2 Å². The van der Waals surface area contributed by atoms with Gasteiger partial charge in [-0.15, -0.1) is 0 Å². The molecule has 4 aromatic rings. The number of benzene rings is 4. The predicted octanol–water partition coefficient (Wildman–Crippen LogP) is 5.23. The Balaban J connectivity index is 1.42. The van der Waals surface area contributed by atoms with Crippen LogP contribution in [0.3, 0.4) is 0 Å². The summed E-state index contributed by atoms with van der Waals surface area (Å²) in [5.41, 5.74) is 2.71. The lowest BCUT2D eigenvalue weighted by atomic mass is 9.84.